The van der Waals surface area contributed by atoms with Gasteiger partial charge in [-0.3, -0.25) is 4.79 Å². The molecule has 4 fully saturated rings. The Morgan fingerprint density at radius 2 is 1.76 bits per heavy atom. The summed E-state index contributed by atoms with van der Waals surface area (Å²) >= 11 is 0. The van der Waals surface area contributed by atoms with Gasteiger partial charge in [0.25, 0.3) is 0 Å². The van der Waals surface area contributed by atoms with E-state index in [0.29, 0.717) is 24.2 Å². The van der Waals surface area contributed by atoms with Crippen molar-refractivity contribution in [2.24, 2.45) is 46.3 Å². The Morgan fingerprint density at radius 3 is 2.41 bits per heavy atom. The zero-order chi connectivity index (χ0) is 27.3. The van der Waals surface area contributed by atoms with Crippen molar-refractivity contribution in [1.82, 2.24) is 5.32 Å². The van der Waals surface area contributed by atoms with Crippen LogP contribution in [0, 0.1) is 46.3 Å². The summed E-state index contributed by atoms with van der Waals surface area (Å²) in [5, 5.41) is 25.4. The second-order valence-electron chi connectivity index (χ2n) is 14.3. The molecule has 4 aliphatic carbocycles. The van der Waals surface area contributed by atoms with Crippen molar-refractivity contribution in [3.05, 3.63) is 0 Å². The van der Waals surface area contributed by atoms with Crippen LogP contribution in [0.25, 0.3) is 0 Å². The van der Waals surface area contributed by atoms with E-state index in [-0.39, 0.29) is 58.9 Å². The van der Waals surface area contributed by atoms with Gasteiger partial charge in [-0.1, -0.05) is 20.8 Å². The van der Waals surface area contributed by atoms with Crippen LogP contribution in [0.5, 0.6) is 0 Å². The first-order valence-corrected chi connectivity index (χ1v) is 14.6. The minimum Gasteiger partial charge on any atom is -0.469 e. The Morgan fingerprint density at radius 1 is 1.05 bits per heavy atom. The van der Waals surface area contributed by atoms with Crippen molar-refractivity contribution in [3.63, 3.8) is 0 Å². The fraction of sp³-hybridized carbons (Fsp3) is 0.933. The topological polar surface area (TPSA) is 105 Å². The third-order valence-corrected chi connectivity index (χ3v) is 11.3. The lowest BCUT2D eigenvalue weighted by Gasteiger charge is -2.64. The normalized spacial score (nSPS) is 44.1. The molecule has 0 spiro atoms. The number of hydrogen-bond donors (Lipinski definition) is 3. The van der Waals surface area contributed by atoms with Crippen LogP contribution < -0.4 is 5.32 Å². The van der Waals surface area contributed by atoms with Gasteiger partial charge in [-0.25, -0.2) is 4.79 Å². The summed E-state index contributed by atoms with van der Waals surface area (Å²) in [6.45, 7) is 12.6. The first-order valence-electron chi connectivity index (χ1n) is 14.6. The molecule has 0 saturated heterocycles. The number of carbonyl (C=O) groups excluding carboxylic acids is 2. The van der Waals surface area contributed by atoms with Crippen LogP contribution in [0.15, 0.2) is 0 Å². The molecular weight excluding hydrogens is 470 g/mol. The Hall–Kier alpha value is -1.34. The van der Waals surface area contributed by atoms with E-state index < -0.39 is 5.60 Å². The van der Waals surface area contributed by atoms with E-state index in [4.69, 9.17) is 9.47 Å². The summed E-state index contributed by atoms with van der Waals surface area (Å²) in [5.74, 6) is 1.51. The average Bonchev–Trinajstić information content (AvgIpc) is 3.16. The number of ether oxygens (including phenoxy) is 2. The first kappa shape index (κ1) is 28.7. The van der Waals surface area contributed by atoms with Crippen molar-refractivity contribution in [2.75, 3.05) is 7.11 Å². The maximum Gasteiger partial charge on any atom is 0.407 e. The zero-order valence-corrected chi connectivity index (χ0v) is 24.1. The van der Waals surface area contributed by atoms with Gasteiger partial charge in [-0.2, -0.15) is 0 Å². The molecule has 37 heavy (non-hydrogen) atoms. The number of nitrogens with one attached hydrogen (secondary N) is 1. The highest BCUT2D eigenvalue weighted by Crippen LogP contribution is 2.68. The van der Waals surface area contributed by atoms with Crippen molar-refractivity contribution >= 4 is 12.1 Å². The molecule has 0 aliphatic heterocycles. The first-order chi connectivity index (χ1) is 17.2. The predicted octanol–water partition coefficient (Wildman–Crippen LogP) is 5.07. The lowest BCUT2D eigenvalue weighted by atomic mass is 9.42. The van der Waals surface area contributed by atoms with Gasteiger partial charge in [0.2, 0.25) is 0 Å². The lowest BCUT2D eigenvalue weighted by molar-refractivity contribution is -0.182. The van der Waals surface area contributed by atoms with Crippen LogP contribution in [0.1, 0.15) is 99.3 Å². The molecule has 0 radical (unpaired) electrons. The Balaban J connectivity index is 1.67. The third kappa shape index (κ3) is 5.28. The number of amides is 1. The number of fused-ring (bicyclic) bond motifs is 5. The number of methoxy groups -OCH3 is 1. The van der Waals surface area contributed by atoms with Gasteiger partial charge in [0.05, 0.1) is 19.3 Å². The van der Waals surface area contributed by atoms with Crippen molar-refractivity contribution in [3.8, 4) is 0 Å². The van der Waals surface area contributed by atoms with E-state index in [2.05, 4.69) is 26.1 Å². The number of aliphatic hydroxyl groups is 2. The second kappa shape index (κ2) is 10.3. The standard InChI is InChI=1S/C30H51NO6/c1-17(8-11-25(34)36-7)20-9-10-21-26-22(29(5)13-12-19(32)14-18(29)15-23(26)33)16-24(30(20,21)6)31-27(35)37-28(2,3)4/h17-24,26,32-33H,8-16H2,1-7H3,(H,31,35)/t17-,18+,19-,20-,21+,22+,23-,24+,26+,29+,30-/m1/s1. The molecule has 0 aromatic rings. The SMILES string of the molecule is COC(=O)CC[C@@H](C)[C@H]1CC[C@H]2[C@@H]3[C@H](O)C[C@@H]4C[C@H](O)CC[C@]4(C)[C@H]3C[C@H](NC(=O)OC(C)(C)C)[C@]12C. The number of rotatable bonds is 5. The molecule has 1 amide bonds. The molecule has 0 unspecified atom stereocenters. The molecule has 11 atom stereocenters. The maximum absolute atomic E-state index is 13.1. The number of aliphatic hydroxyl groups excluding tert-OH is 2. The molecule has 0 aromatic carbocycles. The highest BCUT2D eigenvalue weighted by Gasteiger charge is 2.66. The van der Waals surface area contributed by atoms with E-state index in [9.17, 15) is 19.8 Å². The molecule has 7 heteroatoms. The van der Waals surface area contributed by atoms with Crippen LogP contribution in [0.4, 0.5) is 4.79 Å². The van der Waals surface area contributed by atoms with Crippen LogP contribution in [-0.2, 0) is 14.3 Å². The van der Waals surface area contributed by atoms with Crippen LogP contribution >= 0.6 is 0 Å². The van der Waals surface area contributed by atoms with Crippen LogP contribution in [-0.4, -0.2) is 53.2 Å². The van der Waals surface area contributed by atoms with E-state index in [1.807, 2.05) is 20.8 Å². The molecule has 4 aliphatic rings. The van der Waals surface area contributed by atoms with Gasteiger partial charge < -0.3 is 25.0 Å². The van der Waals surface area contributed by atoms with Crippen molar-refractivity contribution in [2.45, 2.75) is 123 Å². The number of hydrogen-bond acceptors (Lipinski definition) is 6. The van der Waals surface area contributed by atoms with Gasteiger partial charge in [0.1, 0.15) is 5.60 Å². The van der Waals surface area contributed by atoms with Gasteiger partial charge in [-0.15, -0.1) is 0 Å². The zero-order valence-electron chi connectivity index (χ0n) is 24.1. The molecule has 4 saturated carbocycles. The van der Waals surface area contributed by atoms with Gasteiger partial charge >= 0.3 is 12.1 Å². The molecule has 4 rings (SSSR count). The summed E-state index contributed by atoms with van der Waals surface area (Å²) in [5.41, 5.74) is -0.735. The summed E-state index contributed by atoms with van der Waals surface area (Å²) in [4.78, 5) is 25.1. The van der Waals surface area contributed by atoms with Crippen molar-refractivity contribution < 1.29 is 29.3 Å². The smallest absolute Gasteiger partial charge is 0.407 e. The number of alkyl carbamates (subject to hydrolysis) is 1. The lowest BCUT2D eigenvalue weighted by Crippen LogP contribution is -2.65. The summed E-state index contributed by atoms with van der Waals surface area (Å²) in [7, 11) is 1.44. The molecule has 212 valence electrons. The van der Waals surface area contributed by atoms with Crippen LogP contribution in [0.3, 0.4) is 0 Å². The Labute approximate surface area is 223 Å². The van der Waals surface area contributed by atoms with E-state index in [0.717, 1.165) is 51.4 Å². The minimum atomic E-state index is -0.581. The minimum absolute atomic E-state index is 0.0485. The van der Waals surface area contributed by atoms with E-state index >= 15 is 0 Å². The van der Waals surface area contributed by atoms with Gasteiger partial charge in [0.15, 0.2) is 0 Å². The quantitative estimate of drug-likeness (QED) is 0.436. The number of carbonyl (C=O) groups is 2. The largest absolute Gasteiger partial charge is 0.469 e. The second-order valence-corrected chi connectivity index (χ2v) is 14.3. The van der Waals surface area contributed by atoms with E-state index in [1.54, 1.807) is 0 Å². The summed E-state index contributed by atoms with van der Waals surface area (Å²) in [6, 6.07) is -0.0729. The molecule has 0 bridgehead atoms. The molecular formula is C30H51NO6. The summed E-state index contributed by atoms with van der Waals surface area (Å²) in [6.07, 6.45) is 6.29. The van der Waals surface area contributed by atoms with Crippen LogP contribution in [0.2, 0.25) is 0 Å². The Kier molecular flexibility index (Phi) is 8.00. The predicted molar refractivity (Wildman–Crippen MR) is 142 cm³/mol. The van der Waals surface area contributed by atoms with Gasteiger partial charge in [-0.05, 0) is 118 Å². The number of esters is 1. The monoisotopic (exact) mass is 521 g/mol. The molecule has 0 heterocycles. The Bertz CT molecular complexity index is 855. The average molecular weight is 522 g/mol. The third-order valence-electron chi connectivity index (χ3n) is 11.3. The van der Waals surface area contributed by atoms with Crippen molar-refractivity contribution in [1.29, 1.82) is 0 Å². The molecule has 0 aromatic heterocycles. The summed E-state index contributed by atoms with van der Waals surface area (Å²) < 4.78 is 10.6. The fourth-order valence-electron chi connectivity index (χ4n) is 9.48. The van der Waals surface area contributed by atoms with E-state index in [1.165, 1.54) is 7.11 Å². The maximum atomic E-state index is 13.1. The highest BCUT2D eigenvalue weighted by molar-refractivity contribution is 5.69. The highest BCUT2D eigenvalue weighted by atomic mass is 16.6. The molecule has 3 N–H and O–H groups in total. The molecule has 7 nitrogen and oxygen atoms in total. The fourth-order valence-corrected chi connectivity index (χ4v) is 9.48. The van der Waals surface area contributed by atoms with Gasteiger partial charge in [0, 0.05) is 12.5 Å².